The molecule has 2 aromatic heterocycles. The molecule has 15 rings (SSSR count). The molecule has 0 spiro atoms. The van der Waals surface area contributed by atoms with E-state index in [2.05, 4.69) is 222 Å². The Hall–Kier alpha value is -9.12. The Morgan fingerprint density at radius 3 is 1.75 bits per heavy atom. The summed E-state index contributed by atoms with van der Waals surface area (Å²) in [4.78, 5) is 2.33. The molecule has 0 atom stereocenters. The molecule has 12 aromatic carbocycles. The van der Waals surface area contributed by atoms with E-state index in [-0.39, 0.29) is 0 Å². The van der Waals surface area contributed by atoms with E-state index in [1.54, 1.807) is 0 Å². The molecule has 0 N–H and O–H groups in total. The smallest absolute Gasteiger partial charge is 0.152 e. The topological polar surface area (TPSA) is 30.5 Å². The summed E-state index contributed by atoms with van der Waals surface area (Å²) in [6.45, 7) is 0. The van der Waals surface area contributed by atoms with Crippen LogP contribution in [0.1, 0.15) is 0 Å². The van der Waals surface area contributed by atoms with Crippen LogP contribution < -0.4 is 9.64 Å². The van der Waals surface area contributed by atoms with Crippen LogP contribution in [0.2, 0.25) is 0 Å². The largest absolute Gasteiger partial charge is 0.456 e. The van der Waals surface area contributed by atoms with Gasteiger partial charge >= 0.3 is 0 Å². The van der Waals surface area contributed by atoms with Gasteiger partial charge in [0.05, 0.1) is 22.4 Å². The maximum Gasteiger partial charge on any atom is 0.152 e. The highest BCUT2D eigenvalue weighted by Gasteiger charge is 2.27. The average molecular weight is 867 g/mol. The van der Waals surface area contributed by atoms with Crippen molar-refractivity contribution in [1.82, 2.24) is 4.57 Å². The van der Waals surface area contributed by atoms with Crippen molar-refractivity contribution in [2.75, 3.05) is 4.90 Å². The summed E-state index contributed by atoms with van der Waals surface area (Å²) in [5.74, 6) is 1.64. The molecule has 14 aromatic rings. The lowest BCUT2D eigenvalue weighted by Gasteiger charge is -2.33. The van der Waals surface area contributed by atoms with Gasteiger partial charge in [-0.1, -0.05) is 127 Å². The number of para-hydroxylation sites is 4. The first-order chi connectivity index (χ1) is 33.7. The summed E-state index contributed by atoms with van der Waals surface area (Å²) in [5.41, 5.74) is 13.1. The first-order valence-electron chi connectivity index (χ1n) is 23.2. The minimum atomic E-state index is 0.818. The van der Waals surface area contributed by atoms with E-state index >= 15 is 0 Å². The van der Waals surface area contributed by atoms with Crippen molar-refractivity contribution in [2.24, 2.45) is 0 Å². The van der Waals surface area contributed by atoms with Gasteiger partial charge < -0.3 is 18.6 Å². The van der Waals surface area contributed by atoms with Crippen LogP contribution in [0, 0.1) is 0 Å². The minimum Gasteiger partial charge on any atom is -0.456 e. The van der Waals surface area contributed by atoms with Gasteiger partial charge in [0.1, 0.15) is 11.2 Å². The molecule has 0 aliphatic carbocycles. The average Bonchev–Trinajstić information content (AvgIpc) is 3.92. The van der Waals surface area contributed by atoms with Gasteiger partial charge in [-0.15, -0.1) is 0 Å². The summed E-state index contributed by atoms with van der Waals surface area (Å²) in [6.07, 6.45) is 0. The maximum atomic E-state index is 6.75. The minimum absolute atomic E-state index is 0.818. The zero-order valence-electron chi connectivity index (χ0n) is 36.7. The number of rotatable bonds is 4. The highest BCUT2D eigenvalue weighted by Crippen LogP contribution is 2.52. The van der Waals surface area contributed by atoms with E-state index in [4.69, 9.17) is 9.15 Å². The van der Waals surface area contributed by atoms with Crippen molar-refractivity contribution in [2.45, 2.75) is 0 Å². The summed E-state index contributed by atoms with van der Waals surface area (Å²) >= 11 is 0. The standard InChI is InChI=1S/C64H38N2O2/c1-3-13-50-43(11-1)32-44-12-2-4-14-51(44)64(50)39-21-26-48(27-22-39)65-58-18-8-10-20-61(58)68-63-37-42(25-30-59(63)65)41-24-29-57-54(35-41)52-15-5-7-17-56(52)66(57)49-28-23-40-31-47-38-62-55(36-46(47)33-45(40)34-49)53-16-6-9-19-60(53)67-62/h1-38H. The molecule has 0 saturated carbocycles. The Bertz CT molecular complexity index is 4370. The molecule has 0 unspecified atom stereocenters. The van der Waals surface area contributed by atoms with Crippen molar-refractivity contribution in [3.05, 3.63) is 231 Å². The number of ether oxygens (including phenoxy) is 1. The van der Waals surface area contributed by atoms with E-state index in [1.807, 2.05) is 18.2 Å². The molecule has 0 amide bonds. The van der Waals surface area contributed by atoms with Crippen LogP contribution in [-0.2, 0) is 0 Å². The number of furan rings is 1. The number of anilines is 3. The molecule has 3 heterocycles. The molecule has 0 radical (unpaired) electrons. The Kier molecular flexibility index (Phi) is 7.75. The molecule has 68 heavy (non-hydrogen) atoms. The zero-order valence-corrected chi connectivity index (χ0v) is 36.7. The third kappa shape index (κ3) is 5.55. The summed E-state index contributed by atoms with van der Waals surface area (Å²) in [5, 5.41) is 14.5. The molecule has 0 bridgehead atoms. The van der Waals surface area contributed by atoms with Gasteiger partial charge in [0, 0.05) is 32.9 Å². The van der Waals surface area contributed by atoms with E-state index < -0.39 is 0 Å². The lowest BCUT2D eigenvalue weighted by atomic mass is 9.92. The van der Waals surface area contributed by atoms with Crippen LogP contribution >= 0.6 is 0 Å². The van der Waals surface area contributed by atoms with E-state index in [0.717, 1.165) is 72.8 Å². The van der Waals surface area contributed by atoms with Gasteiger partial charge in [-0.25, -0.2) is 0 Å². The van der Waals surface area contributed by atoms with Gasteiger partial charge in [-0.05, 0) is 168 Å². The lowest BCUT2D eigenvalue weighted by Crippen LogP contribution is -2.15. The molecule has 1 aliphatic heterocycles. The highest BCUT2D eigenvalue weighted by molar-refractivity contribution is 6.15. The van der Waals surface area contributed by atoms with Gasteiger partial charge in [0.2, 0.25) is 0 Å². The predicted molar refractivity (Wildman–Crippen MR) is 284 cm³/mol. The second-order valence-corrected chi connectivity index (χ2v) is 18.1. The van der Waals surface area contributed by atoms with Crippen LogP contribution in [0.3, 0.4) is 0 Å². The number of hydrogen-bond donors (Lipinski definition) is 0. The number of fused-ring (bicyclic) bond motifs is 12. The number of aromatic nitrogens is 1. The Morgan fingerprint density at radius 2 is 0.897 bits per heavy atom. The quantitative estimate of drug-likeness (QED) is 0.165. The van der Waals surface area contributed by atoms with Crippen LogP contribution in [0.25, 0.3) is 115 Å². The summed E-state index contributed by atoms with van der Waals surface area (Å²) in [6, 6.07) is 83.4. The fourth-order valence-electron chi connectivity index (χ4n) is 11.1. The predicted octanol–water partition coefficient (Wildman–Crippen LogP) is 18.2. The lowest BCUT2D eigenvalue weighted by molar-refractivity contribution is 0.477. The molecule has 4 heteroatoms. The van der Waals surface area contributed by atoms with Gasteiger partial charge in [-0.2, -0.15) is 0 Å². The Balaban J connectivity index is 0.814. The van der Waals surface area contributed by atoms with Crippen LogP contribution in [0.15, 0.2) is 235 Å². The van der Waals surface area contributed by atoms with E-state index in [0.29, 0.717) is 0 Å². The summed E-state index contributed by atoms with van der Waals surface area (Å²) in [7, 11) is 0. The molecule has 4 nitrogen and oxygen atoms in total. The zero-order chi connectivity index (χ0) is 44.5. The number of benzene rings is 12. The van der Waals surface area contributed by atoms with Gasteiger partial charge in [0.25, 0.3) is 0 Å². The summed E-state index contributed by atoms with van der Waals surface area (Å²) < 4.78 is 15.4. The first kappa shape index (κ1) is 37.1. The molecule has 1 aliphatic rings. The Labute approximate surface area is 390 Å². The van der Waals surface area contributed by atoms with Gasteiger partial charge in [0.15, 0.2) is 11.5 Å². The van der Waals surface area contributed by atoms with Crippen LogP contribution in [0.5, 0.6) is 11.5 Å². The third-order valence-electron chi connectivity index (χ3n) is 14.3. The second-order valence-electron chi connectivity index (χ2n) is 18.1. The Morgan fingerprint density at radius 1 is 0.294 bits per heavy atom. The van der Waals surface area contributed by atoms with Crippen LogP contribution in [0.4, 0.5) is 17.1 Å². The molecular formula is C64H38N2O2. The van der Waals surface area contributed by atoms with Gasteiger partial charge in [-0.3, -0.25) is 0 Å². The molecule has 0 saturated heterocycles. The van der Waals surface area contributed by atoms with Crippen molar-refractivity contribution >= 4 is 104 Å². The van der Waals surface area contributed by atoms with E-state index in [9.17, 15) is 0 Å². The van der Waals surface area contributed by atoms with Crippen molar-refractivity contribution in [3.8, 4) is 39.4 Å². The first-order valence-corrected chi connectivity index (χ1v) is 23.2. The third-order valence-corrected chi connectivity index (χ3v) is 14.3. The SMILES string of the molecule is c1ccc2c(c1)Oc1cc(-c3ccc4c(c3)c3ccccc3n4-c3ccc4cc5cc6oc7ccccc7c6cc5cc4c3)ccc1N2c1ccc(-c2c3ccccc3cc3ccccc23)cc1. The normalized spacial score (nSPS) is 12.5. The number of hydrogen-bond acceptors (Lipinski definition) is 3. The molecule has 316 valence electrons. The van der Waals surface area contributed by atoms with Crippen molar-refractivity contribution in [1.29, 1.82) is 0 Å². The fraction of sp³-hybridized carbons (Fsp3) is 0. The van der Waals surface area contributed by atoms with Crippen molar-refractivity contribution in [3.63, 3.8) is 0 Å². The second kappa shape index (κ2) is 14.2. The van der Waals surface area contributed by atoms with E-state index in [1.165, 1.54) is 70.5 Å². The van der Waals surface area contributed by atoms with Crippen molar-refractivity contribution < 1.29 is 9.15 Å². The molecule has 0 fully saturated rings. The fourth-order valence-corrected chi connectivity index (χ4v) is 11.1. The van der Waals surface area contributed by atoms with Crippen LogP contribution in [-0.4, -0.2) is 4.57 Å². The highest BCUT2D eigenvalue weighted by atomic mass is 16.5. The molecular weight excluding hydrogens is 829 g/mol. The maximum absolute atomic E-state index is 6.75. The monoisotopic (exact) mass is 866 g/mol. The number of nitrogens with zero attached hydrogens (tertiary/aromatic N) is 2.